The Kier molecular flexibility index (Phi) is 5.98. The molecule has 0 radical (unpaired) electrons. The van der Waals surface area contributed by atoms with Crippen molar-refractivity contribution in [3.8, 4) is 0 Å². The van der Waals surface area contributed by atoms with Crippen LogP contribution in [-0.2, 0) is 11.3 Å². The standard InChI is InChI=1S/C13H12Br2N2O2S2/c1-17(7-8-2-4-10(14)20-8)12(18)6-16-13(19)9-3-5-11(15)21-9/h2-5H,6-7H2,1H3,(H,16,19). The van der Waals surface area contributed by atoms with Crippen LogP contribution in [0.4, 0.5) is 0 Å². The van der Waals surface area contributed by atoms with Crippen LogP contribution in [0.2, 0.25) is 0 Å². The van der Waals surface area contributed by atoms with Gasteiger partial charge in [0, 0.05) is 11.9 Å². The van der Waals surface area contributed by atoms with Gasteiger partial charge in [0.15, 0.2) is 0 Å². The quantitative estimate of drug-likeness (QED) is 0.752. The van der Waals surface area contributed by atoms with Crippen LogP contribution in [0.1, 0.15) is 14.5 Å². The van der Waals surface area contributed by atoms with Crippen LogP contribution < -0.4 is 5.32 Å². The van der Waals surface area contributed by atoms with Gasteiger partial charge in [-0.2, -0.15) is 0 Å². The zero-order chi connectivity index (χ0) is 15.4. The average Bonchev–Trinajstić information content (AvgIpc) is 3.04. The van der Waals surface area contributed by atoms with E-state index in [4.69, 9.17) is 0 Å². The van der Waals surface area contributed by atoms with Crippen molar-refractivity contribution in [3.63, 3.8) is 0 Å². The van der Waals surface area contributed by atoms with Gasteiger partial charge in [-0.1, -0.05) is 0 Å². The van der Waals surface area contributed by atoms with Crippen molar-refractivity contribution < 1.29 is 9.59 Å². The largest absolute Gasteiger partial charge is 0.342 e. The van der Waals surface area contributed by atoms with Gasteiger partial charge in [-0.3, -0.25) is 9.59 Å². The molecular formula is C13H12Br2N2O2S2. The molecule has 1 N–H and O–H groups in total. The molecule has 4 nitrogen and oxygen atoms in total. The Balaban J connectivity index is 1.82. The number of thiophene rings is 2. The van der Waals surface area contributed by atoms with Crippen molar-refractivity contribution in [1.29, 1.82) is 0 Å². The molecule has 2 rings (SSSR count). The van der Waals surface area contributed by atoms with Gasteiger partial charge in [0.2, 0.25) is 5.91 Å². The molecule has 8 heteroatoms. The smallest absolute Gasteiger partial charge is 0.261 e. The molecule has 0 unspecified atom stereocenters. The van der Waals surface area contributed by atoms with Crippen molar-refractivity contribution in [3.05, 3.63) is 41.6 Å². The lowest BCUT2D eigenvalue weighted by atomic mass is 10.4. The van der Waals surface area contributed by atoms with Gasteiger partial charge in [0.25, 0.3) is 5.91 Å². The molecule has 0 aliphatic carbocycles. The summed E-state index contributed by atoms with van der Waals surface area (Å²) in [5.41, 5.74) is 0. The van der Waals surface area contributed by atoms with E-state index in [0.29, 0.717) is 11.4 Å². The van der Waals surface area contributed by atoms with Gasteiger partial charge in [0.05, 0.1) is 25.5 Å². The highest BCUT2D eigenvalue weighted by Gasteiger charge is 2.13. The number of hydrogen-bond donors (Lipinski definition) is 1. The van der Waals surface area contributed by atoms with E-state index in [1.165, 1.54) is 11.3 Å². The SMILES string of the molecule is CN(Cc1ccc(Br)s1)C(=O)CNC(=O)c1ccc(Br)s1. The molecule has 0 aliphatic heterocycles. The maximum absolute atomic E-state index is 12.0. The lowest BCUT2D eigenvalue weighted by Crippen LogP contribution is -2.37. The summed E-state index contributed by atoms with van der Waals surface area (Å²) in [5.74, 6) is -0.352. The molecule has 0 bridgehead atoms. The molecular weight excluding hydrogens is 440 g/mol. The minimum atomic E-state index is -0.230. The number of halogens is 2. The molecule has 0 saturated heterocycles. The molecule has 0 spiro atoms. The first-order chi connectivity index (χ1) is 9.95. The first-order valence-electron chi connectivity index (χ1n) is 5.97. The van der Waals surface area contributed by atoms with Gasteiger partial charge in [-0.15, -0.1) is 22.7 Å². The fourth-order valence-electron chi connectivity index (χ4n) is 1.57. The summed E-state index contributed by atoms with van der Waals surface area (Å²) < 4.78 is 1.93. The third kappa shape index (κ3) is 4.91. The molecule has 112 valence electrons. The first-order valence-corrected chi connectivity index (χ1v) is 9.19. The third-order valence-electron chi connectivity index (χ3n) is 2.64. The van der Waals surface area contributed by atoms with Crippen LogP contribution >= 0.6 is 54.5 Å². The molecule has 0 aromatic carbocycles. The van der Waals surface area contributed by atoms with Crippen LogP contribution in [0.5, 0.6) is 0 Å². The molecule has 21 heavy (non-hydrogen) atoms. The van der Waals surface area contributed by atoms with E-state index in [0.717, 1.165) is 12.4 Å². The minimum absolute atomic E-state index is 0.00258. The number of likely N-dealkylation sites (N-methyl/N-ethyl adjacent to an activating group) is 1. The number of nitrogens with zero attached hydrogens (tertiary/aromatic N) is 1. The monoisotopic (exact) mass is 450 g/mol. The number of carbonyl (C=O) groups excluding carboxylic acids is 2. The first kappa shape index (κ1) is 16.7. The highest BCUT2D eigenvalue weighted by molar-refractivity contribution is 9.11. The van der Waals surface area contributed by atoms with Crippen LogP contribution in [0, 0.1) is 0 Å². The van der Waals surface area contributed by atoms with Gasteiger partial charge < -0.3 is 10.2 Å². The molecule has 0 aliphatic rings. The van der Waals surface area contributed by atoms with E-state index in [9.17, 15) is 9.59 Å². The van der Waals surface area contributed by atoms with Crippen molar-refractivity contribution in [2.75, 3.05) is 13.6 Å². The minimum Gasteiger partial charge on any atom is -0.342 e. The zero-order valence-electron chi connectivity index (χ0n) is 11.1. The Labute approximate surface area is 147 Å². The maximum atomic E-state index is 12.0. The second-order valence-electron chi connectivity index (χ2n) is 4.24. The number of rotatable bonds is 5. The fraction of sp³-hybridized carbons (Fsp3) is 0.231. The molecule has 0 saturated carbocycles. The van der Waals surface area contributed by atoms with Gasteiger partial charge >= 0.3 is 0 Å². The summed E-state index contributed by atoms with van der Waals surface area (Å²) in [5, 5.41) is 2.64. The summed E-state index contributed by atoms with van der Waals surface area (Å²) in [6.45, 7) is 0.535. The summed E-state index contributed by atoms with van der Waals surface area (Å²) in [7, 11) is 1.73. The van der Waals surface area contributed by atoms with E-state index in [-0.39, 0.29) is 18.4 Å². The summed E-state index contributed by atoms with van der Waals surface area (Å²) >= 11 is 9.62. The van der Waals surface area contributed by atoms with E-state index < -0.39 is 0 Å². The number of hydrogen-bond acceptors (Lipinski definition) is 4. The number of nitrogens with one attached hydrogen (secondary N) is 1. The Morgan fingerprint density at radius 3 is 2.38 bits per heavy atom. The predicted molar refractivity (Wildman–Crippen MR) is 92.8 cm³/mol. The van der Waals surface area contributed by atoms with Crippen molar-refractivity contribution >= 4 is 66.3 Å². The number of carbonyl (C=O) groups is 2. The Hall–Kier alpha value is -0.700. The highest BCUT2D eigenvalue weighted by Crippen LogP contribution is 2.23. The normalized spacial score (nSPS) is 10.4. The topological polar surface area (TPSA) is 49.4 Å². The average molecular weight is 452 g/mol. The summed E-state index contributed by atoms with van der Waals surface area (Å²) in [6, 6.07) is 7.46. The Bertz CT molecular complexity index is 654. The molecule has 2 amide bonds. The molecule has 0 fully saturated rings. The van der Waals surface area contributed by atoms with Crippen LogP contribution in [-0.4, -0.2) is 30.3 Å². The van der Waals surface area contributed by atoms with Gasteiger partial charge in [-0.05, 0) is 56.1 Å². The number of amides is 2. The predicted octanol–water partition coefficient (Wildman–Crippen LogP) is 3.72. The van der Waals surface area contributed by atoms with E-state index in [1.54, 1.807) is 29.4 Å². The lowest BCUT2D eigenvalue weighted by molar-refractivity contribution is -0.129. The van der Waals surface area contributed by atoms with Crippen LogP contribution in [0.25, 0.3) is 0 Å². The second-order valence-corrected chi connectivity index (χ2v) is 9.25. The zero-order valence-corrected chi connectivity index (χ0v) is 15.9. The Morgan fingerprint density at radius 1 is 1.14 bits per heavy atom. The van der Waals surface area contributed by atoms with E-state index >= 15 is 0 Å². The molecule has 2 heterocycles. The maximum Gasteiger partial charge on any atom is 0.261 e. The highest BCUT2D eigenvalue weighted by atomic mass is 79.9. The van der Waals surface area contributed by atoms with E-state index in [1.807, 2.05) is 18.2 Å². The van der Waals surface area contributed by atoms with Crippen molar-refractivity contribution in [1.82, 2.24) is 10.2 Å². The molecule has 2 aromatic heterocycles. The second kappa shape index (κ2) is 7.53. The lowest BCUT2D eigenvalue weighted by Gasteiger charge is -2.16. The van der Waals surface area contributed by atoms with E-state index in [2.05, 4.69) is 37.2 Å². The van der Waals surface area contributed by atoms with Crippen LogP contribution in [0.15, 0.2) is 31.8 Å². The Morgan fingerprint density at radius 2 is 1.81 bits per heavy atom. The summed E-state index contributed by atoms with van der Waals surface area (Å²) in [4.78, 5) is 27.1. The van der Waals surface area contributed by atoms with Crippen molar-refractivity contribution in [2.24, 2.45) is 0 Å². The fourth-order valence-corrected chi connectivity index (χ4v) is 4.41. The van der Waals surface area contributed by atoms with Gasteiger partial charge in [0.1, 0.15) is 0 Å². The van der Waals surface area contributed by atoms with Gasteiger partial charge in [-0.25, -0.2) is 0 Å². The third-order valence-corrected chi connectivity index (χ3v) is 5.88. The summed E-state index contributed by atoms with van der Waals surface area (Å²) in [6.07, 6.45) is 0. The molecule has 0 atom stereocenters. The van der Waals surface area contributed by atoms with Crippen molar-refractivity contribution in [2.45, 2.75) is 6.54 Å². The van der Waals surface area contributed by atoms with Crippen LogP contribution in [0.3, 0.4) is 0 Å². The molecule has 2 aromatic rings.